The number of pyridine rings is 1. The summed E-state index contributed by atoms with van der Waals surface area (Å²) in [6.45, 7) is 1.81. The predicted molar refractivity (Wildman–Crippen MR) is 72.3 cm³/mol. The first-order valence-corrected chi connectivity index (χ1v) is 5.97. The van der Waals surface area contributed by atoms with Crippen molar-refractivity contribution in [2.45, 2.75) is 6.92 Å². The van der Waals surface area contributed by atoms with E-state index >= 15 is 0 Å². The third-order valence-corrected chi connectivity index (χ3v) is 3.39. The van der Waals surface area contributed by atoms with Gasteiger partial charge >= 0.3 is 0 Å². The van der Waals surface area contributed by atoms with E-state index in [0.717, 1.165) is 5.69 Å². The number of hydrogen-bond donors (Lipinski definition) is 1. The van der Waals surface area contributed by atoms with Gasteiger partial charge in [-0.1, -0.05) is 34.8 Å². The average Bonchev–Trinajstić information content (AvgIpc) is 2.24. The van der Waals surface area contributed by atoms with Crippen molar-refractivity contribution in [2.75, 3.05) is 0 Å². The first-order valence-electron chi connectivity index (χ1n) is 4.84. The minimum absolute atomic E-state index is 0.203. The number of hydrogen-bond acceptors (Lipinski definition) is 1. The Balaban J connectivity index is 2.69. The molecule has 2 rings (SSSR count). The van der Waals surface area contributed by atoms with Gasteiger partial charge in [-0.15, -0.1) is 0 Å². The van der Waals surface area contributed by atoms with Gasteiger partial charge < -0.3 is 4.98 Å². The quantitative estimate of drug-likeness (QED) is 0.779. The van der Waals surface area contributed by atoms with E-state index in [4.69, 9.17) is 34.8 Å². The molecule has 0 unspecified atom stereocenters. The van der Waals surface area contributed by atoms with Gasteiger partial charge in [-0.05, 0) is 31.2 Å². The second-order valence-corrected chi connectivity index (χ2v) is 4.85. The molecule has 0 saturated heterocycles. The SMILES string of the molecule is Cc1ccc(-c2cc(Cl)c(Cl)cc2Cl)c(=O)[nH]1. The van der Waals surface area contributed by atoms with Crippen LogP contribution in [0.2, 0.25) is 15.1 Å². The van der Waals surface area contributed by atoms with Gasteiger partial charge in [-0.3, -0.25) is 4.79 Å². The molecular formula is C12H8Cl3NO. The number of aryl methyl sites for hydroxylation is 1. The molecule has 2 nitrogen and oxygen atoms in total. The number of aromatic amines is 1. The maximum atomic E-state index is 11.8. The van der Waals surface area contributed by atoms with Crippen molar-refractivity contribution in [1.29, 1.82) is 0 Å². The van der Waals surface area contributed by atoms with Crippen LogP contribution >= 0.6 is 34.8 Å². The number of H-pyrrole nitrogens is 1. The molecule has 0 bridgehead atoms. The minimum Gasteiger partial charge on any atom is -0.326 e. The summed E-state index contributed by atoms with van der Waals surface area (Å²) in [5, 5.41) is 1.13. The van der Waals surface area contributed by atoms with Crippen molar-refractivity contribution in [3.8, 4) is 11.1 Å². The molecule has 0 fully saturated rings. The van der Waals surface area contributed by atoms with Crippen molar-refractivity contribution >= 4 is 34.8 Å². The van der Waals surface area contributed by atoms with Crippen LogP contribution in [-0.2, 0) is 0 Å². The van der Waals surface area contributed by atoms with E-state index in [-0.39, 0.29) is 5.56 Å². The molecule has 0 radical (unpaired) electrons. The molecule has 1 heterocycles. The molecule has 0 amide bonds. The Morgan fingerprint density at radius 3 is 2.24 bits per heavy atom. The van der Waals surface area contributed by atoms with Crippen LogP contribution in [0.4, 0.5) is 0 Å². The van der Waals surface area contributed by atoms with Crippen LogP contribution < -0.4 is 5.56 Å². The van der Waals surface area contributed by atoms with Crippen molar-refractivity contribution < 1.29 is 0 Å². The summed E-state index contributed by atoms with van der Waals surface area (Å²) < 4.78 is 0. The molecule has 1 aromatic heterocycles. The number of benzene rings is 1. The topological polar surface area (TPSA) is 32.9 Å². The Morgan fingerprint density at radius 2 is 1.59 bits per heavy atom. The molecule has 0 aliphatic carbocycles. The Morgan fingerprint density at radius 1 is 0.941 bits per heavy atom. The predicted octanol–water partition coefficient (Wildman–Crippen LogP) is 4.31. The summed E-state index contributed by atoms with van der Waals surface area (Å²) in [6.07, 6.45) is 0. The minimum atomic E-state index is -0.203. The second-order valence-electron chi connectivity index (χ2n) is 3.63. The van der Waals surface area contributed by atoms with Gasteiger partial charge in [0.15, 0.2) is 0 Å². The number of aromatic nitrogens is 1. The third kappa shape index (κ3) is 2.49. The molecule has 88 valence electrons. The molecule has 0 spiro atoms. The van der Waals surface area contributed by atoms with Crippen molar-refractivity contribution in [1.82, 2.24) is 4.98 Å². The van der Waals surface area contributed by atoms with Gasteiger partial charge in [-0.25, -0.2) is 0 Å². The van der Waals surface area contributed by atoms with E-state index < -0.39 is 0 Å². The highest BCUT2D eigenvalue weighted by Gasteiger charge is 2.11. The third-order valence-electron chi connectivity index (χ3n) is 2.36. The molecule has 0 aliphatic heterocycles. The number of nitrogens with one attached hydrogen (secondary N) is 1. The summed E-state index contributed by atoms with van der Waals surface area (Å²) in [4.78, 5) is 14.5. The van der Waals surface area contributed by atoms with Gasteiger partial charge in [0.1, 0.15) is 0 Å². The van der Waals surface area contributed by atoms with E-state index in [0.29, 0.717) is 26.2 Å². The Kier molecular flexibility index (Phi) is 3.48. The highest BCUT2D eigenvalue weighted by molar-refractivity contribution is 6.44. The second kappa shape index (κ2) is 4.73. The molecular weight excluding hydrogens is 280 g/mol. The lowest BCUT2D eigenvalue weighted by molar-refractivity contribution is 1.15. The zero-order chi connectivity index (χ0) is 12.6. The number of rotatable bonds is 1. The Bertz CT molecular complexity index is 634. The van der Waals surface area contributed by atoms with Crippen LogP contribution in [0.25, 0.3) is 11.1 Å². The van der Waals surface area contributed by atoms with E-state index in [1.54, 1.807) is 18.2 Å². The molecule has 17 heavy (non-hydrogen) atoms. The Hall–Kier alpha value is -0.960. The largest absolute Gasteiger partial charge is 0.326 e. The van der Waals surface area contributed by atoms with Crippen molar-refractivity contribution in [3.63, 3.8) is 0 Å². The van der Waals surface area contributed by atoms with Crippen molar-refractivity contribution in [2.24, 2.45) is 0 Å². The fourth-order valence-electron chi connectivity index (χ4n) is 1.51. The van der Waals surface area contributed by atoms with Crippen LogP contribution in [0.15, 0.2) is 29.1 Å². The molecule has 1 aromatic carbocycles. The van der Waals surface area contributed by atoms with Crippen molar-refractivity contribution in [3.05, 3.63) is 55.4 Å². The molecule has 5 heteroatoms. The lowest BCUT2D eigenvalue weighted by Gasteiger charge is -2.06. The fraction of sp³-hybridized carbons (Fsp3) is 0.0833. The smallest absolute Gasteiger partial charge is 0.256 e. The van der Waals surface area contributed by atoms with Crippen LogP contribution in [-0.4, -0.2) is 4.98 Å². The van der Waals surface area contributed by atoms with Gasteiger partial charge in [0.25, 0.3) is 5.56 Å². The summed E-state index contributed by atoms with van der Waals surface area (Å²) >= 11 is 17.8. The van der Waals surface area contributed by atoms with Gasteiger partial charge in [0.05, 0.1) is 15.1 Å². The van der Waals surface area contributed by atoms with Gasteiger partial charge in [-0.2, -0.15) is 0 Å². The van der Waals surface area contributed by atoms with Crippen LogP contribution in [0.1, 0.15) is 5.69 Å². The molecule has 1 N–H and O–H groups in total. The molecule has 0 atom stereocenters. The zero-order valence-corrected chi connectivity index (χ0v) is 11.1. The molecule has 0 aliphatic rings. The maximum absolute atomic E-state index is 11.8. The monoisotopic (exact) mass is 287 g/mol. The first kappa shape index (κ1) is 12.5. The van der Waals surface area contributed by atoms with Gasteiger partial charge in [0.2, 0.25) is 0 Å². The lowest BCUT2D eigenvalue weighted by atomic mass is 10.1. The zero-order valence-electron chi connectivity index (χ0n) is 8.85. The standard InChI is InChI=1S/C12H8Cl3NO/c1-6-2-3-7(12(17)16-6)8-4-10(14)11(15)5-9(8)13/h2-5H,1H3,(H,16,17). The first-order chi connectivity index (χ1) is 7.99. The average molecular weight is 289 g/mol. The summed E-state index contributed by atoms with van der Waals surface area (Å²) in [5.74, 6) is 0. The lowest BCUT2D eigenvalue weighted by Crippen LogP contribution is -2.09. The summed E-state index contributed by atoms with van der Waals surface area (Å²) in [7, 11) is 0. The van der Waals surface area contributed by atoms with E-state index in [2.05, 4.69) is 4.98 Å². The van der Waals surface area contributed by atoms with E-state index in [1.807, 2.05) is 6.92 Å². The maximum Gasteiger partial charge on any atom is 0.256 e. The van der Waals surface area contributed by atoms with E-state index in [1.165, 1.54) is 6.07 Å². The van der Waals surface area contributed by atoms with E-state index in [9.17, 15) is 4.79 Å². The molecule has 2 aromatic rings. The van der Waals surface area contributed by atoms with Gasteiger partial charge in [0, 0.05) is 16.8 Å². The van der Waals surface area contributed by atoms with Crippen LogP contribution in [0, 0.1) is 6.92 Å². The fourth-order valence-corrected chi connectivity index (χ4v) is 2.16. The molecule has 0 saturated carbocycles. The van der Waals surface area contributed by atoms with Crippen LogP contribution in [0.3, 0.4) is 0 Å². The highest BCUT2D eigenvalue weighted by Crippen LogP contribution is 2.33. The highest BCUT2D eigenvalue weighted by atomic mass is 35.5. The summed E-state index contributed by atoms with van der Waals surface area (Å²) in [5.41, 5.74) is 1.63. The Labute approximate surface area is 113 Å². The number of halogens is 3. The normalized spacial score (nSPS) is 10.6. The summed E-state index contributed by atoms with van der Waals surface area (Å²) in [6, 6.07) is 6.63. The van der Waals surface area contributed by atoms with Crippen LogP contribution in [0.5, 0.6) is 0 Å².